The molecule has 1 amide bonds. The number of carbonyl (C=O) groups is 1. The Bertz CT molecular complexity index is 1350. The van der Waals surface area contributed by atoms with Crippen LogP contribution in [-0.4, -0.2) is 30.4 Å². The molecule has 156 valence electrons. The summed E-state index contributed by atoms with van der Waals surface area (Å²) in [6.07, 6.45) is 0. The van der Waals surface area contributed by atoms with Crippen LogP contribution in [-0.2, 0) is 13.6 Å². The van der Waals surface area contributed by atoms with Crippen molar-refractivity contribution in [2.75, 3.05) is 0 Å². The molecule has 0 aliphatic heterocycles. The zero-order valence-corrected chi connectivity index (χ0v) is 16.8. The minimum absolute atomic E-state index is 0.189. The maximum Gasteiger partial charge on any atom is 0.351 e. The van der Waals surface area contributed by atoms with Crippen molar-refractivity contribution in [1.29, 1.82) is 0 Å². The van der Waals surface area contributed by atoms with Gasteiger partial charge < -0.3 is 9.84 Å². The number of hydrogen-bond acceptors (Lipinski definition) is 7. The third kappa shape index (κ3) is 4.04. The van der Waals surface area contributed by atoms with Crippen LogP contribution in [0, 0.1) is 6.92 Å². The Hall–Kier alpha value is -4.34. The Kier molecular flexibility index (Phi) is 5.27. The van der Waals surface area contributed by atoms with Gasteiger partial charge in [-0.2, -0.15) is 14.8 Å². The van der Waals surface area contributed by atoms with E-state index in [-0.39, 0.29) is 24.0 Å². The molecule has 2 heterocycles. The summed E-state index contributed by atoms with van der Waals surface area (Å²) in [7, 11) is 1.33. The van der Waals surface area contributed by atoms with E-state index in [1.165, 1.54) is 7.05 Å². The highest BCUT2D eigenvalue weighted by Crippen LogP contribution is 2.11. The number of nitrogens with one attached hydrogen (secondary N) is 1. The van der Waals surface area contributed by atoms with Gasteiger partial charge in [-0.25, -0.2) is 4.79 Å². The summed E-state index contributed by atoms with van der Waals surface area (Å²) < 4.78 is 6.97. The first kappa shape index (κ1) is 20.0. The highest BCUT2D eigenvalue weighted by Gasteiger charge is 2.21. The summed E-state index contributed by atoms with van der Waals surface area (Å²) >= 11 is 0. The summed E-state index contributed by atoms with van der Waals surface area (Å²) in [5.41, 5.74) is 0.833. The first-order chi connectivity index (χ1) is 14.9. The molecule has 10 heteroatoms. The number of nitrogens with zero attached hydrogens (tertiary/aromatic N) is 5. The van der Waals surface area contributed by atoms with Gasteiger partial charge >= 0.3 is 17.5 Å². The molecule has 0 saturated heterocycles. The van der Waals surface area contributed by atoms with Crippen molar-refractivity contribution in [1.82, 2.24) is 29.8 Å². The molecule has 0 bridgehead atoms. The minimum atomic E-state index is -0.703. The average molecular weight is 418 g/mol. The van der Waals surface area contributed by atoms with Gasteiger partial charge in [0, 0.05) is 13.6 Å². The van der Waals surface area contributed by atoms with E-state index in [1.807, 2.05) is 49.4 Å². The Morgan fingerprint density at radius 3 is 2.48 bits per heavy atom. The Morgan fingerprint density at radius 2 is 1.77 bits per heavy atom. The summed E-state index contributed by atoms with van der Waals surface area (Å²) in [6, 6.07) is 16.4. The topological polar surface area (TPSA) is 125 Å². The first-order valence-electron chi connectivity index (χ1n) is 9.37. The highest BCUT2D eigenvalue weighted by molar-refractivity contribution is 5.89. The lowest BCUT2D eigenvalue weighted by Crippen LogP contribution is -2.40. The zero-order valence-electron chi connectivity index (χ0n) is 16.8. The molecule has 0 saturated carbocycles. The van der Waals surface area contributed by atoms with Crippen molar-refractivity contribution >= 4 is 5.91 Å². The van der Waals surface area contributed by atoms with Gasteiger partial charge in [0.15, 0.2) is 5.69 Å². The van der Waals surface area contributed by atoms with Gasteiger partial charge in [-0.1, -0.05) is 53.2 Å². The Labute approximate surface area is 175 Å². The molecule has 1 N–H and O–H groups in total. The fourth-order valence-electron chi connectivity index (χ4n) is 2.83. The Morgan fingerprint density at radius 1 is 1.06 bits per heavy atom. The average Bonchev–Trinajstić information content (AvgIpc) is 3.28. The van der Waals surface area contributed by atoms with Crippen LogP contribution in [0.5, 0.6) is 0 Å². The largest absolute Gasteiger partial charge is 0.351 e. The van der Waals surface area contributed by atoms with Gasteiger partial charge in [0.05, 0.1) is 5.69 Å². The number of aryl methyl sites for hydroxylation is 1. The molecule has 0 spiro atoms. The SMILES string of the molecule is Cc1ccc(-n2nc(-c3noc(C(=O)NCc4ccccc4)n3)c(=O)n(C)c2=O)cc1. The van der Waals surface area contributed by atoms with Gasteiger partial charge in [-0.15, -0.1) is 0 Å². The lowest BCUT2D eigenvalue weighted by atomic mass is 10.2. The van der Waals surface area contributed by atoms with Crippen molar-refractivity contribution in [3.8, 4) is 17.2 Å². The van der Waals surface area contributed by atoms with Gasteiger partial charge in [0.2, 0.25) is 5.82 Å². The van der Waals surface area contributed by atoms with E-state index in [0.29, 0.717) is 5.69 Å². The first-order valence-corrected chi connectivity index (χ1v) is 9.37. The highest BCUT2D eigenvalue weighted by atomic mass is 16.5. The van der Waals surface area contributed by atoms with Crippen molar-refractivity contribution in [3.05, 3.63) is 92.5 Å². The standard InChI is InChI=1S/C21H18N6O4/c1-13-8-10-15(11-9-13)27-21(30)26(2)20(29)16(24-27)17-23-19(31-25-17)18(28)22-12-14-6-4-3-5-7-14/h3-11H,12H2,1-2H3,(H,22,28). The summed E-state index contributed by atoms with van der Waals surface area (Å²) in [5.74, 6) is -1.10. The van der Waals surface area contributed by atoms with Crippen LogP contribution < -0.4 is 16.6 Å². The summed E-state index contributed by atoms with van der Waals surface area (Å²) in [4.78, 5) is 41.4. The van der Waals surface area contributed by atoms with Crippen LogP contribution in [0.4, 0.5) is 0 Å². The van der Waals surface area contributed by atoms with E-state index >= 15 is 0 Å². The van der Waals surface area contributed by atoms with E-state index in [4.69, 9.17) is 4.52 Å². The van der Waals surface area contributed by atoms with Crippen LogP contribution in [0.25, 0.3) is 17.2 Å². The lowest BCUT2D eigenvalue weighted by Gasteiger charge is -2.08. The zero-order chi connectivity index (χ0) is 22.0. The molecule has 31 heavy (non-hydrogen) atoms. The number of aromatic nitrogens is 5. The van der Waals surface area contributed by atoms with E-state index in [0.717, 1.165) is 20.4 Å². The molecule has 0 fully saturated rings. The van der Waals surface area contributed by atoms with Crippen LogP contribution in [0.3, 0.4) is 0 Å². The predicted octanol–water partition coefficient (Wildman–Crippen LogP) is 1.22. The van der Waals surface area contributed by atoms with Gasteiger partial charge in [-0.05, 0) is 24.6 Å². The van der Waals surface area contributed by atoms with E-state index in [2.05, 4.69) is 20.6 Å². The van der Waals surface area contributed by atoms with Crippen molar-refractivity contribution in [2.45, 2.75) is 13.5 Å². The van der Waals surface area contributed by atoms with Crippen LogP contribution in [0.1, 0.15) is 21.8 Å². The predicted molar refractivity (Wildman–Crippen MR) is 111 cm³/mol. The number of amides is 1. The van der Waals surface area contributed by atoms with E-state index < -0.39 is 17.2 Å². The second kappa shape index (κ2) is 8.19. The second-order valence-electron chi connectivity index (χ2n) is 6.83. The molecular weight excluding hydrogens is 400 g/mol. The lowest BCUT2D eigenvalue weighted by molar-refractivity contribution is 0.0907. The summed E-state index contributed by atoms with van der Waals surface area (Å²) in [5, 5.41) is 10.5. The molecule has 10 nitrogen and oxygen atoms in total. The number of hydrogen-bond donors (Lipinski definition) is 1. The van der Waals surface area contributed by atoms with Crippen molar-refractivity contribution < 1.29 is 9.32 Å². The quantitative estimate of drug-likeness (QED) is 0.517. The van der Waals surface area contributed by atoms with Crippen LogP contribution in [0.2, 0.25) is 0 Å². The smallest absolute Gasteiger partial charge is 0.344 e. The van der Waals surface area contributed by atoms with Gasteiger partial charge in [-0.3, -0.25) is 14.2 Å². The fourth-order valence-corrected chi connectivity index (χ4v) is 2.83. The monoisotopic (exact) mass is 418 g/mol. The second-order valence-corrected chi connectivity index (χ2v) is 6.83. The molecule has 0 radical (unpaired) electrons. The van der Waals surface area contributed by atoms with Crippen molar-refractivity contribution in [2.24, 2.45) is 7.05 Å². The number of benzene rings is 2. The molecule has 0 aliphatic rings. The van der Waals surface area contributed by atoms with E-state index in [9.17, 15) is 14.4 Å². The minimum Gasteiger partial charge on any atom is -0.344 e. The Balaban J connectivity index is 1.65. The molecule has 2 aromatic heterocycles. The van der Waals surface area contributed by atoms with Crippen molar-refractivity contribution in [3.63, 3.8) is 0 Å². The third-order valence-corrected chi connectivity index (χ3v) is 4.58. The number of carbonyl (C=O) groups excluding carboxylic acids is 1. The molecule has 2 aromatic carbocycles. The molecule has 0 aliphatic carbocycles. The van der Waals surface area contributed by atoms with Gasteiger partial charge in [0.25, 0.3) is 5.56 Å². The van der Waals surface area contributed by atoms with Crippen LogP contribution in [0.15, 0.2) is 68.7 Å². The van der Waals surface area contributed by atoms with Crippen LogP contribution >= 0.6 is 0 Å². The molecule has 4 aromatic rings. The number of rotatable bonds is 5. The fraction of sp³-hybridized carbons (Fsp3) is 0.143. The maximum atomic E-state index is 12.6. The molecular formula is C21H18N6O4. The molecule has 4 rings (SSSR count). The normalized spacial score (nSPS) is 10.8. The summed E-state index contributed by atoms with van der Waals surface area (Å²) in [6.45, 7) is 2.19. The maximum absolute atomic E-state index is 12.6. The third-order valence-electron chi connectivity index (χ3n) is 4.58. The van der Waals surface area contributed by atoms with Gasteiger partial charge in [0.1, 0.15) is 0 Å². The van der Waals surface area contributed by atoms with E-state index in [1.54, 1.807) is 12.1 Å². The molecule has 0 atom stereocenters. The molecule has 0 unspecified atom stereocenters.